The van der Waals surface area contributed by atoms with Crippen molar-refractivity contribution < 1.29 is 9.59 Å². The third kappa shape index (κ3) is 4.09. The van der Waals surface area contributed by atoms with Crippen molar-refractivity contribution in [3.05, 3.63) is 29.3 Å². The van der Waals surface area contributed by atoms with Gasteiger partial charge in [0.2, 0.25) is 11.8 Å². The lowest BCUT2D eigenvalue weighted by Gasteiger charge is -2.25. The molecule has 0 aliphatic carbocycles. The van der Waals surface area contributed by atoms with Crippen LogP contribution in [0.1, 0.15) is 31.9 Å². The number of nitrogens with one attached hydrogen (secondary N) is 1. The van der Waals surface area contributed by atoms with Gasteiger partial charge in [0.25, 0.3) is 0 Å². The average Bonchev–Trinajstić information content (AvgIpc) is 2.25. The molecule has 0 heterocycles. The van der Waals surface area contributed by atoms with Crippen molar-refractivity contribution >= 4 is 17.5 Å². The number of anilines is 1. The van der Waals surface area contributed by atoms with Gasteiger partial charge < -0.3 is 10.2 Å². The number of rotatable bonds is 4. The zero-order chi connectivity index (χ0) is 14.6. The van der Waals surface area contributed by atoms with Gasteiger partial charge in [-0.15, -0.1) is 0 Å². The Morgan fingerprint density at radius 2 is 1.74 bits per heavy atom. The molecule has 0 saturated heterocycles. The summed E-state index contributed by atoms with van der Waals surface area (Å²) in [6.07, 6.45) is 0. The topological polar surface area (TPSA) is 49.4 Å². The third-order valence-corrected chi connectivity index (χ3v) is 2.84. The molecule has 0 aromatic heterocycles. The summed E-state index contributed by atoms with van der Waals surface area (Å²) < 4.78 is 0. The molecule has 0 spiro atoms. The Labute approximate surface area is 114 Å². The summed E-state index contributed by atoms with van der Waals surface area (Å²) in [5, 5.41) is 2.80. The van der Waals surface area contributed by atoms with Gasteiger partial charge in [0.05, 0.1) is 5.69 Å². The van der Waals surface area contributed by atoms with Crippen LogP contribution in [-0.2, 0) is 9.59 Å². The maximum Gasteiger partial charge on any atom is 0.240 e. The van der Waals surface area contributed by atoms with Gasteiger partial charge in [-0.05, 0) is 38.8 Å². The zero-order valence-electron chi connectivity index (χ0n) is 12.3. The van der Waals surface area contributed by atoms with Crippen molar-refractivity contribution in [3.63, 3.8) is 0 Å². The second-order valence-electron chi connectivity index (χ2n) is 5.07. The van der Waals surface area contributed by atoms with Gasteiger partial charge in [-0.2, -0.15) is 0 Å². The van der Waals surface area contributed by atoms with Crippen LogP contribution in [0.5, 0.6) is 0 Å². The normalized spacial score (nSPS) is 10.4. The predicted molar refractivity (Wildman–Crippen MR) is 77.2 cm³/mol. The first-order chi connectivity index (χ1) is 8.82. The summed E-state index contributed by atoms with van der Waals surface area (Å²) in [6.45, 7) is 9.22. The molecule has 1 aromatic rings. The molecule has 19 heavy (non-hydrogen) atoms. The molecule has 4 heteroatoms. The van der Waals surface area contributed by atoms with Crippen LogP contribution in [0.25, 0.3) is 0 Å². The highest BCUT2D eigenvalue weighted by Crippen LogP contribution is 2.24. The molecule has 0 fully saturated rings. The van der Waals surface area contributed by atoms with Crippen molar-refractivity contribution in [2.45, 2.75) is 40.7 Å². The molecule has 0 atom stereocenters. The largest absolute Gasteiger partial charge is 0.352 e. The number of carbonyl (C=O) groups excluding carboxylic acids is 2. The van der Waals surface area contributed by atoms with Gasteiger partial charge in [-0.1, -0.05) is 18.2 Å². The summed E-state index contributed by atoms with van der Waals surface area (Å²) in [5.74, 6) is -0.274. The Balaban J connectivity index is 3.02. The van der Waals surface area contributed by atoms with E-state index in [4.69, 9.17) is 0 Å². The molecule has 0 unspecified atom stereocenters. The Morgan fingerprint density at radius 3 is 2.16 bits per heavy atom. The van der Waals surface area contributed by atoms with E-state index in [-0.39, 0.29) is 24.4 Å². The maximum atomic E-state index is 11.9. The summed E-state index contributed by atoms with van der Waals surface area (Å²) in [7, 11) is 0. The van der Waals surface area contributed by atoms with E-state index >= 15 is 0 Å². The molecule has 0 aliphatic rings. The minimum atomic E-state index is -0.146. The van der Waals surface area contributed by atoms with E-state index in [1.807, 2.05) is 45.9 Å². The van der Waals surface area contributed by atoms with E-state index in [0.717, 1.165) is 16.8 Å². The number of aryl methyl sites for hydroxylation is 2. The fraction of sp³-hybridized carbons (Fsp3) is 0.467. The van der Waals surface area contributed by atoms with Crippen molar-refractivity contribution in [1.82, 2.24) is 5.32 Å². The zero-order valence-corrected chi connectivity index (χ0v) is 12.3. The van der Waals surface area contributed by atoms with Crippen LogP contribution in [0.4, 0.5) is 5.69 Å². The summed E-state index contributed by atoms with van der Waals surface area (Å²) in [5.41, 5.74) is 2.81. The molecular weight excluding hydrogens is 240 g/mol. The fourth-order valence-corrected chi connectivity index (χ4v) is 2.09. The molecule has 0 bridgehead atoms. The van der Waals surface area contributed by atoms with Crippen LogP contribution in [-0.4, -0.2) is 24.4 Å². The highest BCUT2D eigenvalue weighted by Gasteiger charge is 2.19. The molecule has 2 amide bonds. The minimum absolute atomic E-state index is 0.0548. The van der Waals surface area contributed by atoms with Gasteiger partial charge in [0.1, 0.15) is 6.54 Å². The van der Waals surface area contributed by atoms with E-state index in [1.165, 1.54) is 11.8 Å². The Morgan fingerprint density at radius 1 is 1.21 bits per heavy atom. The quantitative estimate of drug-likeness (QED) is 0.904. The molecule has 4 nitrogen and oxygen atoms in total. The lowest BCUT2D eigenvalue weighted by Crippen LogP contribution is -2.42. The first-order valence-corrected chi connectivity index (χ1v) is 6.46. The van der Waals surface area contributed by atoms with E-state index in [2.05, 4.69) is 5.32 Å². The van der Waals surface area contributed by atoms with Crippen molar-refractivity contribution in [1.29, 1.82) is 0 Å². The van der Waals surface area contributed by atoms with E-state index < -0.39 is 0 Å². The van der Waals surface area contributed by atoms with Crippen LogP contribution in [0.2, 0.25) is 0 Å². The molecule has 0 radical (unpaired) electrons. The smallest absolute Gasteiger partial charge is 0.240 e. The van der Waals surface area contributed by atoms with Crippen LogP contribution in [0.3, 0.4) is 0 Å². The first-order valence-electron chi connectivity index (χ1n) is 6.46. The van der Waals surface area contributed by atoms with Crippen LogP contribution in [0.15, 0.2) is 18.2 Å². The SMILES string of the molecule is CC(=O)N(CC(=O)NC(C)C)c1c(C)cccc1C. The van der Waals surface area contributed by atoms with Gasteiger partial charge in [0.15, 0.2) is 0 Å². The van der Waals surface area contributed by atoms with Gasteiger partial charge in [-0.3, -0.25) is 9.59 Å². The van der Waals surface area contributed by atoms with Crippen LogP contribution >= 0.6 is 0 Å². The number of benzene rings is 1. The Bertz CT molecular complexity index is 461. The second-order valence-corrected chi connectivity index (χ2v) is 5.07. The molecule has 0 aliphatic heterocycles. The number of amides is 2. The fourth-order valence-electron chi connectivity index (χ4n) is 2.09. The van der Waals surface area contributed by atoms with Gasteiger partial charge in [0, 0.05) is 13.0 Å². The third-order valence-electron chi connectivity index (χ3n) is 2.84. The van der Waals surface area contributed by atoms with Crippen LogP contribution < -0.4 is 10.2 Å². The van der Waals surface area contributed by atoms with E-state index in [1.54, 1.807) is 0 Å². The number of nitrogens with zero attached hydrogens (tertiary/aromatic N) is 1. The standard InChI is InChI=1S/C15H22N2O2/c1-10(2)16-14(19)9-17(13(5)18)15-11(3)7-6-8-12(15)4/h6-8,10H,9H2,1-5H3,(H,16,19). The monoisotopic (exact) mass is 262 g/mol. The Hall–Kier alpha value is -1.84. The highest BCUT2D eigenvalue weighted by molar-refractivity contribution is 5.98. The molecular formula is C15H22N2O2. The molecule has 1 rings (SSSR count). The van der Waals surface area contributed by atoms with Crippen molar-refractivity contribution in [2.24, 2.45) is 0 Å². The van der Waals surface area contributed by atoms with E-state index in [0.29, 0.717) is 0 Å². The first kappa shape index (κ1) is 15.2. The summed E-state index contributed by atoms with van der Waals surface area (Å²) in [6, 6.07) is 5.90. The lowest BCUT2D eigenvalue weighted by atomic mass is 10.1. The molecule has 104 valence electrons. The number of hydrogen-bond acceptors (Lipinski definition) is 2. The van der Waals surface area contributed by atoms with Gasteiger partial charge in [-0.25, -0.2) is 0 Å². The Kier molecular flexibility index (Phi) is 5.10. The van der Waals surface area contributed by atoms with Gasteiger partial charge >= 0.3 is 0 Å². The summed E-state index contributed by atoms with van der Waals surface area (Å²) in [4.78, 5) is 25.2. The van der Waals surface area contributed by atoms with Crippen LogP contribution in [0, 0.1) is 13.8 Å². The number of carbonyl (C=O) groups is 2. The molecule has 0 saturated carbocycles. The van der Waals surface area contributed by atoms with Crippen molar-refractivity contribution in [2.75, 3.05) is 11.4 Å². The van der Waals surface area contributed by atoms with E-state index in [9.17, 15) is 9.59 Å². The lowest BCUT2D eigenvalue weighted by molar-refractivity contribution is -0.123. The number of para-hydroxylation sites is 1. The summed E-state index contributed by atoms with van der Waals surface area (Å²) >= 11 is 0. The molecule has 1 aromatic carbocycles. The number of hydrogen-bond donors (Lipinski definition) is 1. The maximum absolute atomic E-state index is 11.9. The second kappa shape index (κ2) is 6.36. The highest BCUT2D eigenvalue weighted by atomic mass is 16.2. The average molecular weight is 262 g/mol. The minimum Gasteiger partial charge on any atom is -0.352 e. The predicted octanol–water partition coefficient (Wildman–Crippen LogP) is 2.18. The molecule has 1 N–H and O–H groups in total. The van der Waals surface area contributed by atoms with Crippen molar-refractivity contribution in [3.8, 4) is 0 Å².